The third-order valence-electron chi connectivity index (χ3n) is 6.43. The second-order valence-electron chi connectivity index (χ2n) is 8.16. The van der Waals surface area contributed by atoms with E-state index in [0.717, 1.165) is 25.8 Å². The maximum Gasteiger partial charge on any atom is 0.451 e. The number of nitrogens with zero attached hydrogens (tertiary/aromatic N) is 1. The normalized spacial score (nSPS) is 25.0. The molecular formula is C20H31BN2O4. The van der Waals surface area contributed by atoms with Crippen LogP contribution in [0.1, 0.15) is 55.7 Å². The molecule has 1 saturated heterocycles. The molecule has 0 aromatic heterocycles. The number of carboxylic acid groups (broad SMARTS) is 1. The SMILES string of the molecule is NC(CCCCB(O)O)(C(=O)O)C1CCN(C2CCCc3ccccc32)C1. The standard InChI is InChI=1S/C20H31BN2O4/c22-20(19(24)25,11-3-4-12-21(26)27)16-10-13-23(14-16)18-9-5-7-15-6-1-2-8-17(15)18/h1-2,6,8,16,18,26-27H,3-5,7,9-14,22H2,(H,24,25). The smallest absolute Gasteiger partial charge is 0.451 e. The van der Waals surface area contributed by atoms with Crippen LogP contribution in [0.4, 0.5) is 0 Å². The van der Waals surface area contributed by atoms with Crippen molar-refractivity contribution >= 4 is 13.1 Å². The summed E-state index contributed by atoms with van der Waals surface area (Å²) in [7, 11) is -1.34. The van der Waals surface area contributed by atoms with Crippen LogP contribution in [0.2, 0.25) is 6.32 Å². The fraction of sp³-hybridized carbons (Fsp3) is 0.650. The van der Waals surface area contributed by atoms with Gasteiger partial charge in [0.05, 0.1) is 0 Å². The van der Waals surface area contributed by atoms with Crippen molar-refractivity contribution in [2.45, 2.75) is 62.8 Å². The molecule has 27 heavy (non-hydrogen) atoms. The van der Waals surface area contributed by atoms with E-state index in [1.54, 1.807) is 0 Å². The molecule has 0 radical (unpaired) electrons. The Morgan fingerprint density at radius 2 is 2.04 bits per heavy atom. The topological polar surface area (TPSA) is 107 Å². The average molecular weight is 374 g/mol. The summed E-state index contributed by atoms with van der Waals surface area (Å²) in [6.07, 6.45) is 5.97. The van der Waals surface area contributed by atoms with Crippen molar-refractivity contribution in [2.75, 3.05) is 13.1 Å². The lowest BCUT2D eigenvalue weighted by atomic mass is 9.77. The van der Waals surface area contributed by atoms with Crippen molar-refractivity contribution in [2.24, 2.45) is 11.7 Å². The summed E-state index contributed by atoms with van der Waals surface area (Å²) >= 11 is 0. The van der Waals surface area contributed by atoms with Gasteiger partial charge >= 0.3 is 13.1 Å². The van der Waals surface area contributed by atoms with Crippen LogP contribution >= 0.6 is 0 Å². The van der Waals surface area contributed by atoms with Crippen molar-refractivity contribution in [3.8, 4) is 0 Å². The zero-order valence-corrected chi connectivity index (χ0v) is 15.9. The van der Waals surface area contributed by atoms with Gasteiger partial charge in [-0.25, -0.2) is 0 Å². The van der Waals surface area contributed by atoms with Crippen LogP contribution in [0.15, 0.2) is 24.3 Å². The number of aliphatic carboxylic acids is 1. The second-order valence-corrected chi connectivity index (χ2v) is 8.16. The highest BCUT2D eigenvalue weighted by Crippen LogP contribution is 2.39. The second kappa shape index (κ2) is 8.73. The van der Waals surface area contributed by atoms with E-state index in [-0.39, 0.29) is 12.2 Å². The Balaban J connectivity index is 1.65. The van der Waals surface area contributed by atoms with Gasteiger partial charge in [0.2, 0.25) is 0 Å². The lowest BCUT2D eigenvalue weighted by molar-refractivity contribution is -0.146. The molecule has 1 aromatic carbocycles. The Bertz CT molecular complexity index is 657. The third kappa shape index (κ3) is 4.54. The molecule has 3 rings (SSSR count). The zero-order valence-electron chi connectivity index (χ0n) is 15.9. The predicted octanol–water partition coefficient (Wildman–Crippen LogP) is 1.81. The number of carbonyl (C=O) groups is 1. The largest absolute Gasteiger partial charge is 0.480 e. The lowest BCUT2D eigenvalue weighted by Gasteiger charge is -2.35. The van der Waals surface area contributed by atoms with Gasteiger partial charge in [-0.2, -0.15) is 0 Å². The first-order chi connectivity index (χ1) is 12.9. The summed E-state index contributed by atoms with van der Waals surface area (Å²) in [6.45, 7) is 1.59. The van der Waals surface area contributed by atoms with E-state index in [2.05, 4.69) is 29.2 Å². The molecule has 6 nitrogen and oxygen atoms in total. The molecule has 1 aliphatic heterocycles. The van der Waals surface area contributed by atoms with Crippen LogP contribution < -0.4 is 5.73 Å². The van der Waals surface area contributed by atoms with E-state index in [9.17, 15) is 9.90 Å². The van der Waals surface area contributed by atoms with Crippen LogP contribution in [-0.4, -0.2) is 51.8 Å². The van der Waals surface area contributed by atoms with Crippen molar-refractivity contribution in [3.63, 3.8) is 0 Å². The number of hydrogen-bond acceptors (Lipinski definition) is 5. The molecule has 0 spiro atoms. The van der Waals surface area contributed by atoms with Crippen LogP contribution in [0.3, 0.4) is 0 Å². The summed E-state index contributed by atoms with van der Waals surface area (Å²) in [5.41, 5.74) is 7.95. The first-order valence-corrected chi connectivity index (χ1v) is 10.1. The molecular weight excluding hydrogens is 343 g/mol. The van der Waals surface area contributed by atoms with E-state index in [4.69, 9.17) is 15.8 Å². The molecule has 0 saturated carbocycles. The van der Waals surface area contributed by atoms with Crippen molar-refractivity contribution in [1.29, 1.82) is 0 Å². The first kappa shape index (κ1) is 20.3. The van der Waals surface area contributed by atoms with E-state index in [0.29, 0.717) is 31.8 Å². The van der Waals surface area contributed by atoms with Crippen molar-refractivity contribution < 1.29 is 19.9 Å². The maximum atomic E-state index is 12.0. The van der Waals surface area contributed by atoms with Crippen LogP contribution in [0, 0.1) is 5.92 Å². The molecule has 3 atom stereocenters. The van der Waals surface area contributed by atoms with E-state index in [1.165, 1.54) is 17.5 Å². The van der Waals surface area contributed by atoms with Gasteiger partial charge in [-0.05, 0) is 56.1 Å². The Morgan fingerprint density at radius 1 is 1.26 bits per heavy atom. The van der Waals surface area contributed by atoms with Gasteiger partial charge in [0, 0.05) is 18.5 Å². The van der Waals surface area contributed by atoms with Gasteiger partial charge < -0.3 is 20.9 Å². The molecule has 1 aromatic rings. The lowest BCUT2D eigenvalue weighted by Crippen LogP contribution is -2.55. The van der Waals surface area contributed by atoms with Crippen LogP contribution in [0.25, 0.3) is 0 Å². The number of carboxylic acids is 1. The number of aryl methyl sites for hydroxylation is 1. The summed E-state index contributed by atoms with van der Waals surface area (Å²) in [5, 5.41) is 27.7. The monoisotopic (exact) mass is 374 g/mol. The molecule has 3 unspecified atom stereocenters. The van der Waals surface area contributed by atoms with E-state index < -0.39 is 18.6 Å². The number of nitrogens with two attached hydrogens (primary N) is 1. The summed E-state index contributed by atoms with van der Waals surface area (Å²) < 4.78 is 0. The number of rotatable bonds is 8. The molecule has 148 valence electrons. The van der Waals surface area contributed by atoms with E-state index in [1.807, 2.05) is 0 Å². The first-order valence-electron chi connectivity index (χ1n) is 10.1. The predicted molar refractivity (Wildman–Crippen MR) is 105 cm³/mol. The minimum atomic E-state index is -1.34. The van der Waals surface area contributed by atoms with Gasteiger partial charge in [0.1, 0.15) is 5.54 Å². The summed E-state index contributed by atoms with van der Waals surface area (Å²) in [6, 6.07) is 8.95. The highest BCUT2D eigenvalue weighted by Gasteiger charge is 2.46. The van der Waals surface area contributed by atoms with Crippen LogP contribution in [0.5, 0.6) is 0 Å². The molecule has 0 amide bonds. The van der Waals surface area contributed by atoms with Gasteiger partial charge in [0.25, 0.3) is 0 Å². The fourth-order valence-corrected chi connectivity index (χ4v) is 4.83. The molecule has 1 heterocycles. The Kier molecular flexibility index (Phi) is 6.58. The highest BCUT2D eigenvalue weighted by atomic mass is 16.4. The molecule has 5 N–H and O–H groups in total. The summed E-state index contributed by atoms with van der Waals surface area (Å²) in [5.74, 6) is -1.02. The van der Waals surface area contributed by atoms with Crippen LogP contribution in [-0.2, 0) is 11.2 Å². The zero-order chi connectivity index (χ0) is 19.4. The Morgan fingerprint density at radius 3 is 2.78 bits per heavy atom. The number of hydrogen-bond donors (Lipinski definition) is 4. The fourth-order valence-electron chi connectivity index (χ4n) is 4.83. The minimum absolute atomic E-state index is 0.0804. The number of benzene rings is 1. The minimum Gasteiger partial charge on any atom is -0.480 e. The molecule has 1 fully saturated rings. The molecule has 2 aliphatic rings. The molecule has 0 bridgehead atoms. The number of fused-ring (bicyclic) bond motifs is 1. The van der Waals surface area contributed by atoms with Gasteiger partial charge in [-0.1, -0.05) is 37.1 Å². The molecule has 1 aliphatic carbocycles. The Labute approximate surface area is 161 Å². The quantitative estimate of drug-likeness (QED) is 0.408. The van der Waals surface area contributed by atoms with E-state index >= 15 is 0 Å². The number of likely N-dealkylation sites (tertiary alicyclic amines) is 1. The summed E-state index contributed by atoms with van der Waals surface area (Å²) in [4.78, 5) is 14.4. The maximum absolute atomic E-state index is 12.0. The van der Waals surface area contributed by atoms with Crippen molar-refractivity contribution in [3.05, 3.63) is 35.4 Å². The van der Waals surface area contributed by atoms with Crippen molar-refractivity contribution in [1.82, 2.24) is 4.90 Å². The highest BCUT2D eigenvalue weighted by molar-refractivity contribution is 6.40. The van der Waals surface area contributed by atoms with Gasteiger partial charge in [-0.3, -0.25) is 9.69 Å². The Hall–Kier alpha value is -1.41. The third-order valence-corrected chi connectivity index (χ3v) is 6.43. The molecule has 7 heteroatoms. The average Bonchev–Trinajstić information content (AvgIpc) is 3.14. The van der Waals surface area contributed by atoms with Gasteiger partial charge in [-0.15, -0.1) is 0 Å². The number of unbranched alkanes of at least 4 members (excludes halogenated alkanes) is 1. The van der Waals surface area contributed by atoms with Gasteiger partial charge in [0.15, 0.2) is 0 Å².